The van der Waals surface area contributed by atoms with Gasteiger partial charge in [0.15, 0.2) is 0 Å². The van der Waals surface area contributed by atoms with Crippen molar-refractivity contribution in [3.63, 3.8) is 0 Å². The molecule has 3 heterocycles. The van der Waals surface area contributed by atoms with Gasteiger partial charge in [-0.25, -0.2) is 8.42 Å². The summed E-state index contributed by atoms with van der Waals surface area (Å²) >= 11 is 0. The number of ether oxygens (including phenoxy) is 1. The van der Waals surface area contributed by atoms with E-state index in [1.165, 1.54) is 22.8 Å². The number of hydrogen-bond acceptors (Lipinski definition) is 5. The fourth-order valence-electron chi connectivity index (χ4n) is 3.70. The lowest BCUT2D eigenvalue weighted by molar-refractivity contribution is -0.138. The molecular weight excluding hydrogens is 320 g/mol. The van der Waals surface area contributed by atoms with E-state index in [-0.39, 0.29) is 23.8 Å². The van der Waals surface area contributed by atoms with E-state index in [0.717, 1.165) is 0 Å². The second kappa shape index (κ2) is 6.18. The first-order chi connectivity index (χ1) is 10.9. The maximum Gasteiger partial charge on any atom is 0.303 e. The lowest BCUT2D eigenvalue weighted by atomic mass is 9.85. The highest BCUT2D eigenvalue weighted by atomic mass is 32.2. The Kier molecular flexibility index (Phi) is 4.39. The molecule has 1 unspecified atom stereocenters. The van der Waals surface area contributed by atoms with Crippen LogP contribution in [-0.4, -0.2) is 54.1 Å². The Bertz CT molecular complexity index is 670. The van der Waals surface area contributed by atoms with Crippen LogP contribution in [0.25, 0.3) is 0 Å². The zero-order valence-electron chi connectivity index (χ0n) is 12.7. The van der Waals surface area contributed by atoms with Gasteiger partial charge in [-0.3, -0.25) is 9.78 Å². The number of aromatic nitrogens is 1. The molecule has 7 nitrogen and oxygen atoms in total. The molecule has 0 bridgehead atoms. The standard InChI is InChI=1S/C15H20N2O5S/c18-14(19)8-12-9-15(3-6-22-7-4-15)17(11-12)23(20,21)13-2-1-5-16-10-13/h1-2,5,10,12H,3-4,6-9,11H2,(H,18,19). The fourth-order valence-corrected chi connectivity index (χ4v) is 5.57. The first-order valence-corrected chi connectivity index (χ1v) is 9.10. The number of carboxylic acid groups (broad SMARTS) is 1. The molecule has 23 heavy (non-hydrogen) atoms. The summed E-state index contributed by atoms with van der Waals surface area (Å²) in [6.07, 6.45) is 4.63. The highest BCUT2D eigenvalue weighted by molar-refractivity contribution is 7.89. The van der Waals surface area contributed by atoms with E-state index in [1.54, 1.807) is 6.07 Å². The number of hydrogen-bond donors (Lipinski definition) is 1. The van der Waals surface area contributed by atoms with Crippen LogP contribution < -0.4 is 0 Å². The summed E-state index contributed by atoms with van der Waals surface area (Å²) < 4.78 is 33.0. The molecule has 2 aliphatic heterocycles. The molecule has 2 aliphatic rings. The van der Waals surface area contributed by atoms with Gasteiger partial charge in [-0.1, -0.05) is 0 Å². The van der Waals surface area contributed by atoms with E-state index < -0.39 is 21.5 Å². The molecule has 0 radical (unpaired) electrons. The number of nitrogens with zero attached hydrogens (tertiary/aromatic N) is 2. The average molecular weight is 340 g/mol. The Morgan fingerprint density at radius 1 is 1.43 bits per heavy atom. The molecule has 126 valence electrons. The summed E-state index contributed by atoms with van der Waals surface area (Å²) in [5.74, 6) is -1.06. The quantitative estimate of drug-likeness (QED) is 0.882. The van der Waals surface area contributed by atoms with Gasteiger partial charge in [0.05, 0.1) is 0 Å². The van der Waals surface area contributed by atoms with Gasteiger partial charge in [-0.05, 0) is 37.3 Å². The molecule has 1 atom stereocenters. The summed E-state index contributed by atoms with van der Waals surface area (Å²) in [7, 11) is -3.69. The number of carbonyl (C=O) groups is 1. The molecule has 8 heteroatoms. The Balaban J connectivity index is 1.95. The maximum atomic E-state index is 13.0. The number of pyridine rings is 1. The van der Waals surface area contributed by atoms with Gasteiger partial charge < -0.3 is 9.84 Å². The highest BCUT2D eigenvalue weighted by Gasteiger charge is 2.52. The molecule has 0 aromatic carbocycles. The van der Waals surface area contributed by atoms with Crippen molar-refractivity contribution in [3.8, 4) is 0 Å². The Morgan fingerprint density at radius 3 is 2.78 bits per heavy atom. The maximum absolute atomic E-state index is 13.0. The van der Waals surface area contributed by atoms with E-state index >= 15 is 0 Å². The molecule has 0 saturated carbocycles. The van der Waals surface area contributed by atoms with Crippen molar-refractivity contribution >= 4 is 16.0 Å². The van der Waals surface area contributed by atoms with Crippen LogP contribution in [0.15, 0.2) is 29.4 Å². The Hall–Kier alpha value is -1.51. The third-order valence-corrected chi connectivity index (χ3v) is 6.68. The summed E-state index contributed by atoms with van der Waals surface area (Å²) in [5, 5.41) is 9.06. The number of sulfonamides is 1. The first kappa shape index (κ1) is 16.4. The van der Waals surface area contributed by atoms with E-state index in [1.807, 2.05) is 0 Å². The van der Waals surface area contributed by atoms with Crippen molar-refractivity contribution < 1.29 is 23.1 Å². The van der Waals surface area contributed by atoms with Crippen LogP contribution in [0.4, 0.5) is 0 Å². The van der Waals surface area contributed by atoms with Crippen LogP contribution in [0.1, 0.15) is 25.7 Å². The van der Waals surface area contributed by atoms with Crippen molar-refractivity contribution in [1.82, 2.24) is 9.29 Å². The first-order valence-electron chi connectivity index (χ1n) is 7.66. The van der Waals surface area contributed by atoms with Gasteiger partial charge in [0, 0.05) is 44.1 Å². The summed E-state index contributed by atoms with van der Waals surface area (Å²) in [4.78, 5) is 15.1. The largest absolute Gasteiger partial charge is 0.481 e. The topological polar surface area (TPSA) is 96.8 Å². The second-order valence-electron chi connectivity index (χ2n) is 6.23. The van der Waals surface area contributed by atoms with Crippen molar-refractivity contribution in [1.29, 1.82) is 0 Å². The predicted octanol–water partition coefficient (Wildman–Crippen LogP) is 1.12. The smallest absolute Gasteiger partial charge is 0.303 e. The van der Waals surface area contributed by atoms with E-state index in [0.29, 0.717) is 32.5 Å². The monoisotopic (exact) mass is 340 g/mol. The molecule has 3 rings (SSSR count). The van der Waals surface area contributed by atoms with Gasteiger partial charge >= 0.3 is 5.97 Å². The predicted molar refractivity (Wildman–Crippen MR) is 81.3 cm³/mol. The van der Waals surface area contributed by atoms with Gasteiger partial charge in [0.2, 0.25) is 10.0 Å². The molecule has 1 N–H and O–H groups in total. The van der Waals surface area contributed by atoms with Gasteiger partial charge in [-0.2, -0.15) is 4.31 Å². The van der Waals surface area contributed by atoms with Crippen LogP contribution >= 0.6 is 0 Å². The molecule has 1 aromatic heterocycles. The van der Waals surface area contributed by atoms with Crippen LogP contribution in [0.2, 0.25) is 0 Å². The highest BCUT2D eigenvalue weighted by Crippen LogP contribution is 2.44. The summed E-state index contributed by atoms with van der Waals surface area (Å²) in [6.45, 7) is 1.24. The van der Waals surface area contributed by atoms with Crippen LogP contribution in [0.3, 0.4) is 0 Å². The summed E-state index contributed by atoms with van der Waals surface area (Å²) in [6, 6.07) is 3.12. The molecule has 2 saturated heterocycles. The minimum Gasteiger partial charge on any atom is -0.481 e. The van der Waals surface area contributed by atoms with Crippen LogP contribution in [0.5, 0.6) is 0 Å². The lowest BCUT2D eigenvalue weighted by Gasteiger charge is -2.40. The fraction of sp³-hybridized carbons (Fsp3) is 0.600. The number of rotatable bonds is 4. The van der Waals surface area contributed by atoms with Gasteiger partial charge in [-0.15, -0.1) is 0 Å². The zero-order chi connectivity index (χ0) is 16.5. The number of aliphatic carboxylic acids is 1. The normalized spacial score (nSPS) is 24.8. The van der Waals surface area contributed by atoms with Crippen molar-refractivity contribution in [2.75, 3.05) is 19.8 Å². The third kappa shape index (κ3) is 3.11. The molecule has 1 aromatic rings. The van der Waals surface area contributed by atoms with E-state index in [9.17, 15) is 13.2 Å². The SMILES string of the molecule is O=C(O)CC1CN(S(=O)(=O)c2cccnc2)C2(CCOCC2)C1. The minimum atomic E-state index is -3.69. The Labute approximate surface area is 135 Å². The Morgan fingerprint density at radius 2 is 2.17 bits per heavy atom. The molecule has 1 spiro atoms. The van der Waals surface area contributed by atoms with Crippen LogP contribution in [0, 0.1) is 5.92 Å². The average Bonchev–Trinajstić information content (AvgIpc) is 2.86. The minimum absolute atomic E-state index is 0.0122. The van der Waals surface area contributed by atoms with Crippen molar-refractivity contribution in [2.24, 2.45) is 5.92 Å². The van der Waals surface area contributed by atoms with Gasteiger partial charge in [0.1, 0.15) is 4.90 Å². The molecular formula is C15H20N2O5S. The molecule has 0 amide bonds. The lowest BCUT2D eigenvalue weighted by Crippen LogP contribution is -2.50. The summed E-state index contributed by atoms with van der Waals surface area (Å²) in [5.41, 5.74) is -0.535. The molecule has 0 aliphatic carbocycles. The van der Waals surface area contributed by atoms with Crippen molar-refractivity contribution in [3.05, 3.63) is 24.5 Å². The number of carboxylic acids is 1. The zero-order valence-corrected chi connectivity index (χ0v) is 13.5. The van der Waals surface area contributed by atoms with E-state index in [2.05, 4.69) is 4.98 Å². The second-order valence-corrected chi connectivity index (χ2v) is 8.09. The third-order valence-electron chi connectivity index (χ3n) is 4.73. The van der Waals surface area contributed by atoms with Crippen molar-refractivity contribution in [2.45, 2.75) is 36.1 Å². The molecule has 2 fully saturated rings. The van der Waals surface area contributed by atoms with E-state index in [4.69, 9.17) is 9.84 Å². The van der Waals surface area contributed by atoms with Gasteiger partial charge in [0.25, 0.3) is 0 Å². The van der Waals surface area contributed by atoms with Crippen LogP contribution in [-0.2, 0) is 19.6 Å².